The van der Waals surface area contributed by atoms with Gasteiger partial charge in [0.1, 0.15) is 12.4 Å². The van der Waals surface area contributed by atoms with Crippen molar-refractivity contribution in [2.75, 3.05) is 0 Å². The van der Waals surface area contributed by atoms with Gasteiger partial charge in [0.25, 0.3) is 5.82 Å². The van der Waals surface area contributed by atoms with E-state index < -0.39 is 0 Å². The quantitative estimate of drug-likeness (QED) is 0.0599. The zero-order valence-corrected chi connectivity index (χ0v) is 30.4. The highest BCUT2D eigenvalue weighted by Crippen LogP contribution is 2.27. The van der Waals surface area contributed by atoms with Crippen LogP contribution in [0.3, 0.4) is 0 Å². The standard InChI is InChI=1S/C41H80N2/c1-5-8-11-14-16-18-19-20-21-22-23-25-27-30-33-36-40(35-32-28-13-10-7-3)41-42-37-38-43(41)39(4)34-31-29-26-24-17-15-12-9-6-2/h37-40H,5-36H2,1-4H3/p+1. The van der Waals surface area contributed by atoms with Gasteiger partial charge in [0, 0.05) is 0 Å². The molecule has 1 N–H and O–H groups in total. The molecule has 0 amide bonds. The summed E-state index contributed by atoms with van der Waals surface area (Å²) in [6, 6.07) is 0.620. The van der Waals surface area contributed by atoms with E-state index in [1.807, 2.05) is 0 Å². The molecule has 1 aromatic heterocycles. The Bertz CT molecular complexity index is 664. The fraction of sp³-hybridized carbons (Fsp3) is 0.927. The van der Waals surface area contributed by atoms with E-state index in [1.165, 1.54) is 211 Å². The van der Waals surface area contributed by atoms with Gasteiger partial charge >= 0.3 is 0 Å². The van der Waals surface area contributed by atoms with Crippen molar-refractivity contribution in [1.82, 2.24) is 4.98 Å². The maximum Gasteiger partial charge on any atom is 0.257 e. The van der Waals surface area contributed by atoms with Crippen molar-refractivity contribution in [3.63, 3.8) is 0 Å². The van der Waals surface area contributed by atoms with Gasteiger partial charge in [-0.25, -0.2) is 9.55 Å². The third-order valence-corrected chi connectivity index (χ3v) is 10.1. The highest BCUT2D eigenvalue weighted by Gasteiger charge is 2.25. The monoisotopic (exact) mass is 602 g/mol. The third-order valence-electron chi connectivity index (χ3n) is 10.1. The number of imidazole rings is 1. The van der Waals surface area contributed by atoms with E-state index in [9.17, 15) is 0 Å². The van der Waals surface area contributed by atoms with Crippen molar-refractivity contribution in [2.45, 2.75) is 245 Å². The summed E-state index contributed by atoms with van der Waals surface area (Å²) >= 11 is 0. The molecule has 1 heterocycles. The van der Waals surface area contributed by atoms with E-state index in [2.05, 4.69) is 49.6 Å². The number of nitrogens with zero attached hydrogens (tertiary/aromatic N) is 1. The van der Waals surface area contributed by atoms with Crippen LogP contribution in [0.2, 0.25) is 0 Å². The lowest BCUT2D eigenvalue weighted by Gasteiger charge is -2.17. The Morgan fingerprint density at radius 3 is 1.09 bits per heavy atom. The summed E-state index contributed by atoms with van der Waals surface area (Å²) in [5, 5.41) is 0. The smallest absolute Gasteiger partial charge is 0.247 e. The molecule has 0 radical (unpaired) electrons. The predicted molar refractivity (Wildman–Crippen MR) is 193 cm³/mol. The van der Waals surface area contributed by atoms with Gasteiger partial charge in [0.2, 0.25) is 0 Å². The van der Waals surface area contributed by atoms with E-state index >= 15 is 0 Å². The molecule has 43 heavy (non-hydrogen) atoms. The molecule has 2 atom stereocenters. The van der Waals surface area contributed by atoms with Crippen LogP contribution in [0.15, 0.2) is 12.4 Å². The molecule has 0 saturated carbocycles. The second kappa shape index (κ2) is 31.2. The zero-order valence-electron chi connectivity index (χ0n) is 30.4. The summed E-state index contributed by atoms with van der Waals surface area (Å²) in [4.78, 5) is 3.74. The van der Waals surface area contributed by atoms with Gasteiger partial charge in [-0.05, 0) is 32.6 Å². The number of aromatic amines is 1. The number of rotatable bonds is 34. The first-order valence-corrected chi connectivity index (χ1v) is 20.3. The van der Waals surface area contributed by atoms with E-state index in [-0.39, 0.29) is 0 Å². The average molecular weight is 602 g/mol. The summed E-state index contributed by atoms with van der Waals surface area (Å²) in [7, 11) is 0. The first kappa shape index (κ1) is 40.2. The second-order valence-electron chi connectivity index (χ2n) is 14.4. The SMILES string of the molecule is CCCCCCCCCCCCCCCCCC(CCCCCCC)c1[nH]cc[n+]1C(C)CCCCCCCCCCC. The minimum absolute atomic E-state index is 0.620. The molecular formula is C41H81N2+. The lowest BCUT2D eigenvalue weighted by atomic mass is 9.93. The van der Waals surface area contributed by atoms with Crippen molar-refractivity contribution in [2.24, 2.45) is 0 Å². The fourth-order valence-corrected chi connectivity index (χ4v) is 7.13. The lowest BCUT2D eigenvalue weighted by Crippen LogP contribution is -2.41. The van der Waals surface area contributed by atoms with Crippen LogP contribution in [0.1, 0.15) is 251 Å². The number of H-pyrrole nitrogens is 1. The molecule has 0 aliphatic carbocycles. The molecule has 2 nitrogen and oxygen atoms in total. The molecule has 0 aromatic carbocycles. The van der Waals surface area contributed by atoms with Gasteiger partial charge in [0.05, 0.1) is 12.0 Å². The van der Waals surface area contributed by atoms with E-state index in [4.69, 9.17) is 0 Å². The summed E-state index contributed by atoms with van der Waals surface area (Å²) in [6.45, 7) is 9.42. The van der Waals surface area contributed by atoms with Crippen LogP contribution >= 0.6 is 0 Å². The van der Waals surface area contributed by atoms with Crippen LogP contribution in [0.25, 0.3) is 0 Å². The molecule has 0 saturated heterocycles. The Balaban J connectivity index is 2.30. The first-order valence-electron chi connectivity index (χ1n) is 20.3. The topological polar surface area (TPSA) is 19.7 Å². The molecule has 0 aliphatic rings. The summed E-state index contributed by atoms with van der Waals surface area (Å²) in [5.74, 6) is 2.24. The van der Waals surface area contributed by atoms with Crippen molar-refractivity contribution in [3.8, 4) is 0 Å². The molecule has 0 spiro atoms. The fourth-order valence-electron chi connectivity index (χ4n) is 7.13. The van der Waals surface area contributed by atoms with Crippen LogP contribution in [0.5, 0.6) is 0 Å². The Morgan fingerprint density at radius 1 is 0.442 bits per heavy atom. The van der Waals surface area contributed by atoms with Crippen LogP contribution in [-0.4, -0.2) is 4.98 Å². The Kier molecular flexibility index (Phi) is 29.2. The summed E-state index contributed by atoms with van der Waals surface area (Å²) in [5.41, 5.74) is 0. The van der Waals surface area contributed by atoms with E-state index in [1.54, 1.807) is 0 Å². The Labute approximate surface area is 272 Å². The summed E-state index contributed by atoms with van der Waals surface area (Å²) in [6.07, 6.45) is 50.2. The Hall–Kier alpha value is -0.790. The Morgan fingerprint density at radius 2 is 0.744 bits per heavy atom. The molecule has 2 heteroatoms. The largest absolute Gasteiger partial charge is 0.257 e. The zero-order chi connectivity index (χ0) is 31.1. The second-order valence-corrected chi connectivity index (χ2v) is 14.4. The maximum atomic E-state index is 3.74. The maximum absolute atomic E-state index is 3.74. The van der Waals surface area contributed by atoms with E-state index in [0.717, 1.165) is 0 Å². The van der Waals surface area contributed by atoms with Crippen LogP contribution < -0.4 is 4.57 Å². The molecular weight excluding hydrogens is 520 g/mol. The van der Waals surface area contributed by atoms with Gasteiger partial charge in [0.15, 0.2) is 0 Å². The van der Waals surface area contributed by atoms with Gasteiger partial charge < -0.3 is 0 Å². The van der Waals surface area contributed by atoms with Crippen molar-refractivity contribution in [1.29, 1.82) is 0 Å². The van der Waals surface area contributed by atoms with Crippen molar-refractivity contribution >= 4 is 0 Å². The molecule has 254 valence electrons. The summed E-state index contributed by atoms with van der Waals surface area (Å²) < 4.78 is 2.63. The van der Waals surface area contributed by atoms with Gasteiger partial charge in [-0.2, -0.15) is 0 Å². The molecule has 1 rings (SSSR count). The first-order chi connectivity index (χ1) is 21.2. The van der Waals surface area contributed by atoms with Crippen molar-refractivity contribution in [3.05, 3.63) is 18.2 Å². The molecule has 0 aliphatic heterocycles. The number of hydrogen-bond acceptors (Lipinski definition) is 0. The highest BCUT2D eigenvalue weighted by molar-refractivity contribution is 4.90. The number of aromatic nitrogens is 2. The van der Waals surface area contributed by atoms with Gasteiger partial charge in [-0.1, -0.05) is 201 Å². The van der Waals surface area contributed by atoms with Gasteiger partial charge in [-0.3, -0.25) is 0 Å². The van der Waals surface area contributed by atoms with Gasteiger partial charge in [-0.15, -0.1) is 0 Å². The van der Waals surface area contributed by atoms with Crippen LogP contribution in [-0.2, 0) is 0 Å². The molecule has 2 unspecified atom stereocenters. The normalized spacial score (nSPS) is 13.1. The lowest BCUT2D eigenvalue weighted by molar-refractivity contribution is -0.727. The minimum Gasteiger partial charge on any atom is -0.247 e. The molecule has 0 fully saturated rings. The van der Waals surface area contributed by atoms with E-state index in [0.29, 0.717) is 12.0 Å². The van der Waals surface area contributed by atoms with Crippen LogP contribution in [0, 0.1) is 0 Å². The average Bonchev–Trinajstić information content (AvgIpc) is 3.51. The number of hydrogen-bond donors (Lipinski definition) is 1. The predicted octanol–water partition coefficient (Wildman–Crippen LogP) is 14.5. The third kappa shape index (κ3) is 23.2. The molecule has 0 bridgehead atoms. The minimum atomic E-state index is 0.620. The molecule has 1 aromatic rings. The number of unbranched alkanes of at least 4 members (excludes halogenated alkanes) is 26. The van der Waals surface area contributed by atoms with Crippen molar-refractivity contribution < 1.29 is 4.57 Å². The highest BCUT2D eigenvalue weighted by atomic mass is 15.1. The number of nitrogens with one attached hydrogen (secondary N) is 1. The van der Waals surface area contributed by atoms with Crippen LogP contribution in [0.4, 0.5) is 0 Å².